The molecule has 1 aromatic rings. The van der Waals surface area contributed by atoms with Crippen molar-refractivity contribution < 1.29 is 4.79 Å². The van der Waals surface area contributed by atoms with Crippen molar-refractivity contribution in [2.24, 2.45) is 10.7 Å². The maximum atomic E-state index is 11.0. The van der Waals surface area contributed by atoms with Gasteiger partial charge in [0.25, 0.3) is 0 Å². The van der Waals surface area contributed by atoms with Crippen LogP contribution in [0.15, 0.2) is 29.3 Å². The molecule has 0 aliphatic carbocycles. The van der Waals surface area contributed by atoms with Gasteiger partial charge in [-0.15, -0.1) is 0 Å². The Hall–Kier alpha value is -1.49. The molecule has 0 bridgehead atoms. The monoisotopic (exact) mass is 235 g/mol. The summed E-state index contributed by atoms with van der Waals surface area (Å²) in [6, 6.07) is 7.11. The van der Waals surface area contributed by atoms with Gasteiger partial charge >= 0.3 is 0 Å². The van der Waals surface area contributed by atoms with Crippen LogP contribution in [0, 0.1) is 0 Å². The van der Waals surface area contributed by atoms with Crippen molar-refractivity contribution >= 4 is 28.5 Å². The Morgan fingerprint density at radius 1 is 1.62 bits per heavy atom. The average Bonchev–Trinajstić information content (AvgIpc) is 2.64. The van der Waals surface area contributed by atoms with Gasteiger partial charge < -0.3 is 11.1 Å². The van der Waals surface area contributed by atoms with Crippen LogP contribution in [0.25, 0.3) is 0 Å². The van der Waals surface area contributed by atoms with Crippen LogP contribution in [0.1, 0.15) is 17.3 Å². The Labute approximate surface area is 98.3 Å². The van der Waals surface area contributed by atoms with E-state index in [1.54, 1.807) is 30.0 Å². The zero-order valence-corrected chi connectivity index (χ0v) is 9.75. The number of benzene rings is 1. The molecule has 84 valence electrons. The number of amidine groups is 1. The molecule has 0 saturated heterocycles. The number of thioether (sulfide) groups is 1. The maximum Gasteiger partial charge on any atom is 0.248 e. The normalized spacial score (nSPS) is 19.3. The smallest absolute Gasteiger partial charge is 0.248 e. The lowest BCUT2D eigenvalue weighted by atomic mass is 10.2. The van der Waals surface area contributed by atoms with Crippen molar-refractivity contribution in [1.29, 1.82) is 0 Å². The number of rotatable bonds is 2. The standard InChI is InChI=1S/C11H13N3OS/c1-7-6-13-11(16-7)14-9-4-2-3-8(5-9)10(12)15/h2-5,7H,6H2,1H3,(H2,12,15)(H,13,14). The molecule has 0 aromatic heterocycles. The Balaban J connectivity index is 2.10. The van der Waals surface area contributed by atoms with Crippen LogP contribution in [0.2, 0.25) is 0 Å². The molecule has 1 aliphatic heterocycles. The van der Waals surface area contributed by atoms with E-state index in [1.165, 1.54) is 0 Å². The largest absolute Gasteiger partial charge is 0.366 e. The van der Waals surface area contributed by atoms with Crippen LogP contribution < -0.4 is 11.1 Å². The number of nitrogens with two attached hydrogens (primary N) is 1. The number of carbonyl (C=O) groups is 1. The van der Waals surface area contributed by atoms with Gasteiger partial charge in [-0.25, -0.2) is 0 Å². The highest BCUT2D eigenvalue weighted by atomic mass is 32.2. The zero-order valence-electron chi connectivity index (χ0n) is 8.93. The fourth-order valence-electron chi connectivity index (χ4n) is 1.42. The number of amides is 1. The van der Waals surface area contributed by atoms with E-state index in [2.05, 4.69) is 17.2 Å². The third-order valence-corrected chi connectivity index (χ3v) is 3.21. The number of hydrogen-bond donors (Lipinski definition) is 2. The first-order valence-electron chi connectivity index (χ1n) is 5.03. The van der Waals surface area contributed by atoms with Gasteiger partial charge in [0, 0.05) is 16.5 Å². The summed E-state index contributed by atoms with van der Waals surface area (Å²) in [7, 11) is 0. The molecule has 1 amide bonds. The first kappa shape index (κ1) is 11.0. The molecular weight excluding hydrogens is 222 g/mol. The summed E-state index contributed by atoms with van der Waals surface area (Å²) >= 11 is 1.70. The Morgan fingerprint density at radius 2 is 2.44 bits per heavy atom. The second-order valence-electron chi connectivity index (χ2n) is 3.64. The molecule has 5 heteroatoms. The SMILES string of the molecule is CC1CN=C(Nc2cccc(C(N)=O)c2)S1. The van der Waals surface area contributed by atoms with Crippen molar-refractivity contribution in [3.63, 3.8) is 0 Å². The van der Waals surface area contributed by atoms with E-state index in [0.717, 1.165) is 17.4 Å². The van der Waals surface area contributed by atoms with Gasteiger partial charge in [-0.3, -0.25) is 9.79 Å². The Bertz CT molecular complexity index is 445. The lowest BCUT2D eigenvalue weighted by Crippen LogP contribution is -2.12. The van der Waals surface area contributed by atoms with E-state index in [-0.39, 0.29) is 0 Å². The summed E-state index contributed by atoms with van der Waals surface area (Å²) in [6.45, 7) is 2.96. The molecular formula is C11H13N3OS. The van der Waals surface area contributed by atoms with E-state index < -0.39 is 5.91 Å². The molecule has 0 spiro atoms. The minimum Gasteiger partial charge on any atom is -0.366 e. The Morgan fingerprint density at radius 3 is 3.06 bits per heavy atom. The minimum absolute atomic E-state index is 0.418. The van der Waals surface area contributed by atoms with Crippen molar-refractivity contribution in [3.05, 3.63) is 29.8 Å². The van der Waals surface area contributed by atoms with E-state index in [9.17, 15) is 4.79 Å². The molecule has 2 rings (SSSR count). The summed E-state index contributed by atoms with van der Waals surface area (Å²) in [4.78, 5) is 15.3. The number of nitrogens with one attached hydrogen (secondary N) is 1. The van der Waals surface area contributed by atoms with Gasteiger partial charge in [0.1, 0.15) is 0 Å². The molecule has 1 aliphatic rings. The van der Waals surface area contributed by atoms with Crippen LogP contribution >= 0.6 is 11.8 Å². The summed E-state index contributed by atoms with van der Waals surface area (Å²) in [6.07, 6.45) is 0. The van der Waals surface area contributed by atoms with Crippen molar-refractivity contribution in [3.8, 4) is 0 Å². The quantitative estimate of drug-likeness (QED) is 0.819. The topological polar surface area (TPSA) is 67.5 Å². The Kier molecular flexibility index (Phi) is 3.14. The molecule has 1 aromatic carbocycles. The first-order chi connectivity index (χ1) is 7.65. The number of hydrogen-bond acceptors (Lipinski definition) is 4. The molecule has 0 radical (unpaired) electrons. The van der Waals surface area contributed by atoms with Crippen LogP contribution in [-0.4, -0.2) is 22.9 Å². The van der Waals surface area contributed by atoms with Crippen LogP contribution in [0.5, 0.6) is 0 Å². The van der Waals surface area contributed by atoms with Gasteiger partial charge in [0.2, 0.25) is 5.91 Å². The van der Waals surface area contributed by atoms with Crippen molar-refractivity contribution in [1.82, 2.24) is 0 Å². The molecule has 1 heterocycles. The number of anilines is 1. The number of primary amides is 1. The van der Waals surface area contributed by atoms with E-state index in [4.69, 9.17) is 5.73 Å². The summed E-state index contributed by atoms with van der Waals surface area (Å²) in [5, 5.41) is 4.58. The molecule has 0 saturated carbocycles. The third kappa shape index (κ3) is 2.55. The molecule has 3 N–H and O–H groups in total. The third-order valence-electron chi connectivity index (χ3n) is 2.20. The summed E-state index contributed by atoms with van der Waals surface area (Å²) in [5.74, 6) is -0.418. The second kappa shape index (κ2) is 4.57. The lowest BCUT2D eigenvalue weighted by molar-refractivity contribution is 0.100. The zero-order chi connectivity index (χ0) is 11.5. The van der Waals surface area contributed by atoms with E-state index in [0.29, 0.717) is 10.8 Å². The van der Waals surface area contributed by atoms with Gasteiger partial charge in [0.05, 0.1) is 6.54 Å². The van der Waals surface area contributed by atoms with Crippen molar-refractivity contribution in [2.45, 2.75) is 12.2 Å². The predicted octanol–water partition coefficient (Wildman–Crippen LogP) is 1.69. The van der Waals surface area contributed by atoms with Gasteiger partial charge in [-0.1, -0.05) is 24.8 Å². The number of nitrogens with zero attached hydrogens (tertiary/aromatic N) is 1. The van der Waals surface area contributed by atoms with E-state index >= 15 is 0 Å². The predicted molar refractivity (Wildman–Crippen MR) is 67.9 cm³/mol. The number of aliphatic imine (C=N–C) groups is 1. The summed E-state index contributed by atoms with van der Waals surface area (Å²) < 4.78 is 0. The molecule has 16 heavy (non-hydrogen) atoms. The minimum atomic E-state index is -0.418. The lowest BCUT2D eigenvalue weighted by Gasteiger charge is -2.06. The summed E-state index contributed by atoms with van der Waals surface area (Å²) in [5.41, 5.74) is 6.56. The first-order valence-corrected chi connectivity index (χ1v) is 5.91. The average molecular weight is 235 g/mol. The number of carbonyl (C=O) groups excluding carboxylic acids is 1. The van der Waals surface area contributed by atoms with Crippen LogP contribution in [-0.2, 0) is 0 Å². The van der Waals surface area contributed by atoms with Crippen LogP contribution in [0.3, 0.4) is 0 Å². The highest BCUT2D eigenvalue weighted by Gasteiger charge is 2.14. The molecule has 4 nitrogen and oxygen atoms in total. The van der Waals surface area contributed by atoms with Gasteiger partial charge in [-0.05, 0) is 18.2 Å². The van der Waals surface area contributed by atoms with Crippen molar-refractivity contribution in [2.75, 3.05) is 11.9 Å². The second-order valence-corrected chi connectivity index (χ2v) is 5.07. The molecule has 0 fully saturated rings. The maximum absolute atomic E-state index is 11.0. The fourth-order valence-corrected chi connectivity index (χ4v) is 2.28. The van der Waals surface area contributed by atoms with Gasteiger partial charge in [-0.2, -0.15) is 0 Å². The molecule has 1 unspecified atom stereocenters. The fraction of sp³-hybridized carbons (Fsp3) is 0.273. The molecule has 1 atom stereocenters. The van der Waals surface area contributed by atoms with E-state index in [1.807, 2.05) is 6.07 Å². The van der Waals surface area contributed by atoms with Gasteiger partial charge in [0.15, 0.2) is 5.17 Å². The van der Waals surface area contributed by atoms with Crippen LogP contribution in [0.4, 0.5) is 5.69 Å². The highest BCUT2D eigenvalue weighted by molar-refractivity contribution is 8.15. The highest BCUT2D eigenvalue weighted by Crippen LogP contribution is 2.22.